The smallest absolute Gasteiger partial charge is 0.191 e. The molecule has 0 aromatic heterocycles. The zero-order valence-corrected chi connectivity index (χ0v) is 14.3. The quantitative estimate of drug-likeness (QED) is 0.411. The fourth-order valence-electron chi connectivity index (χ4n) is 2.34. The largest absolute Gasteiger partial charge is 0.379 e. The van der Waals surface area contributed by atoms with Crippen LogP contribution in [-0.4, -0.2) is 49.8 Å². The summed E-state index contributed by atoms with van der Waals surface area (Å²) in [5.41, 5.74) is 0. The fourth-order valence-corrected chi connectivity index (χ4v) is 3.14. The molecule has 0 amide bonds. The molecule has 0 aromatic carbocycles. The Morgan fingerprint density at radius 1 is 1.40 bits per heavy atom. The Morgan fingerprint density at radius 3 is 2.80 bits per heavy atom. The average Bonchev–Trinajstić information content (AvgIpc) is 2.86. The SMILES string of the molecule is CCNC(=NCCOCC(C)C)NC1CCC(SC)C1. The highest BCUT2D eigenvalue weighted by Gasteiger charge is 2.24. The van der Waals surface area contributed by atoms with Crippen LogP contribution in [0.4, 0.5) is 0 Å². The zero-order valence-electron chi connectivity index (χ0n) is 13.4. The van der Waals surface area contributed by atoms with Gasteiger partial charge in [-0.3, -0.25) is 4.99 Å². The summed E-state index contributed by atoms with van der Waals surface area (Å²) in [4.78, 5) is 4.59. The third-order valence-corrected chi connectivity index (χ3v) is 4.45. The highest BCUT2D eigenvalue weighted by Crippen LogP contribution is 2.27. The van der Waals surface area contributed by atoms with Crippen molar-refractivity contribution in [3.63, 3.8) is 0 Å². The maximum Gasteiger partial charge on any atom is 0.191 e. The van der Waals surface area contributed by atoms with E-state index in [0.29, 0.717) is 18.6 Å². The van der Waals surface area contributed by atoms with E-state index in [4.69, 9.17) is 4.74 Å². The molecule has 1 fully saturated rings. The summed E-state index contributed by atoms with van der Waals surface area (Å²) in [7, 11) is 0. The molecule has 0 spiro atoms. The second-order valence-electron chi connectivity index (χ2n) is 5.74. The minimum atomic E-state index is 0.571. The van der Waals surface area contributed by atoms with Crippen LogP contribution in [0.1, 0.15) is 40.0 Å². The van der Waals surface area contributed by atoms with Crippen molar-refractivity contribution >= 4 is 17.7 Å². The molecule has 1 rings (SSSR count). The van der Waals surface area contributed by atoms with Gasteiger partial charge in [-0.05, 0) is 38.4 Å². The van der Waals surface area contributed by atoms with Gasteiger partial charge in [0.25, 0.3) is 0 Å². The number of rotatable bonds is 8. The summed E-state index contributed by atoms with van der Waals surface area (Å²) in [5, 5.41) is 7.68. The molecule has 0 bridgehead atoms. The van der Waals surface area contributed by atoms with Crippen LogP contribution in [-0.2, 0) is 4.74 Å². The zero-order chi connectivity index (χ0) is 14.8. The topological polar surface area (TPSA) is 45.7 Å². The van der Waals surface area contributed by atoms with Crippen molar-refractivity contribution in [2.45, 2.75) is 51.3 Å². The van der Waals surface area contributed by atoms with Crippen molar-refractivity contribution in [1.29, 1.82) is 0 Å². The van der Waals surface area contributed by atoms with E-state index in [-0.39, 0.29) is 0 Å². The molecule has 1 aliphatic carbocycles. The first kappa shape index (κ1) is 17.6. The van der Waals surface area contributed by atoms with Crippen molar-refractivity contribution in [3.05, 3.63) is 0 Å². The first-order chi connectivity index (χ1) is 9.65. The molecule has 0 heterocycles. The Labute approximate surface area is 128 Å². The predicted octanol–water partition coefficient (Wildman–Crippen LogP) is 2.50. The Kier molecular flexibility index (Phi) is 9.10. The van der Waals surface area contributed by atoms with Crippen LogP contribution in [0.15, 0.2) is 4.99 Å². The normalized spacial score (nSPS) is 23.4. The average molecular weight is 302 g/mol. The van der Waals surface area contributed by atoms with E-state index < -0.39 is 0 Å². The van der Waals surface area contributed by atoms with Crippen LogP contribution in [0.5, 0.6) is 0 Å². The number of nitrogens with zero attached hydrogens (tertiary/aromatic N) is 1. The Hall–Kier alpha value is -0.420. The number of nitrogens with one attached hydrogen (secondary N) is 2. The molecule has 0 aliphatic heterocycles. The first-order valence-corrected chi connectivity index (χ1v) is 9.09. The van der Waals surface area contributed by atoms with E-state index in [0.717, 1.165) is 30.9 Å². The van der Waals surface area contributed by atoms with Crippen LogP contribution >= 0.6 is 11.8 Å². The Bertz CT molecular complexity index is 284. The lowest BCUT2D eigenvalue weighted by atomic mass is 10.2. The lowest BCUT2D eigenvalue weighted by molar-refractivity contribution is 0.117. The molecule has 2 atom stereocenters. The molecule has 4 nitrogen and oxygen atoms in total. The van der Waals surface area contributed by atoms with Crippen molar-refractivity contribution < 1.29 is 4.74 Å². The van der Waals surface area contributed by atoms with Crippen LogP contribution in [0, 0.1) is 5.92 Å². The molecule has 0 radical (unpaired) electrons. The Morgan fingerprint density at radius 2 is 2.20 bits per heavy atom. The molecule has 0 saturated heterocycles. The number of aliphatic imine (C=N–C) groups is 1. The highest BCUT2D eigenvalue weighted by molar-refractivity contribution is 7.99. The van der Waals surface area contributed by atoms with E-state index in [1.165, 1.54) is 19.3 Å². The summed E-state index contributed by atoms with van der Waals surface area (Å²) in [6, 6.07) is 0.571. The third-order valence-electron chi connectivity index (χ3n) is 3.36. The van der Waals surface area contributed by atoms with Crippen LogP contribution in [0.2, 0.25) is 0 Å². The highest BCUT2D eigenvalue weighted by atomic mass is 32.2. The monoisotopic (exact) mass is 301 g/mol. The van der Waals surface area contributed by atoms with E-state index in [2.05, 4.69) is 42.7 Å². The van der Waals surface area contributed by atoms with Gasteiger partial charge in [0, 0.05) is 24.4 Å². The van der Waals surface area contributed by atoms with Gasteiger partial charge in [0.15, 0.2) is 5.96 Å². The van der Waals surface area contributed by atoms with Crippen molar-refractivity contribution in [1.82, 2.24) is 10.6 Å². The molecular weight excluding hydrogens is 270 g/mol. The van der Waals surface area contributed by atoms with Gasteiger partial charge < -0.3 is 15.4 Å². The molecule has 1 saturated carbocycles. The van der Waals surface area contributed by atoms with Crippen LogP contribution in [0.25, 0.3) is 0 Å². The van der Waals surface area contributed by atoms with Gasteiger partial charge in [-0.15, -0.1) is 0 Å². The van der Waals surface area contributed by atoms with E-state index in [1.54, 1.807) is 0 Å². The van der Waals surface area contributed by atoms with Gasteiger partial charge in [0.2, 0.25) is 0 Å². The molecular formula is C15H31N3OS. The van der Waals surface area contributed by atoms with Crippen molar-refractivity contribution in [2.75, 3.05) is 32.6 Å². The Balaban J connectivity index is 2.28. The maximum atomic E-state index is 5.56. The second kappa shape index (κ2) is 10.3. The summed E-state index contributed by atoms with van der Waals surface area (Å²) >= 11 is 1.98. The number of thioether (sulfide) groups is 1. The maximum absolute atomic E-state index is 5.56. The van der Waals surface area contributed by atoms with Gasteiger partial charge in [-0.25, -0.2) is 0 Å². The number of hydrogen-bond acceptors (Lipinski definition) is 3. The van der Waals surface area contributed by atoms with Gasteiger partial charge >= 0.3 is 0 Å². The third kappa shape index (κ3) is 7.39. The van der Waals surface area contributed by atoms with Crippen LogP contribution < -0.4 is 10.6 Å². The molecule has 1 aliphatic rings. The summed E-state index contributed by atoms with van der Waals surface area (Å²) < 4.78 is 5.56. The summed E-state index contributed by atoms with van der Waals surface area (Å²) in [6.07, 6.45) is 6.02. The van der Waals surface area contributed by atoms with Crippen LogP contribution in [0.3, 0.4) is 0 Å². The first-order valence-electron chi connectivity index (χ1n) is 7.81. The summed E-state index contributed by atoms with van der Waals surface area (Å²) in [5.74, 6) is 1.53. The van der Waals surface area contributed by atoms with Gasteiger partial charge in [0.1, 0.15) is 0 Å². The lowest BCUT2D eigenvalue weighted by Crippen LogP contribution is -2.42. The van der Waals surface area contributed by atoms with Gasteiger partial charge in [-0.1, -0.05) is 13.8 Å². The molecule has 0 aromatic rings. The number of ether oxygens (including phenoxy) is 1. The number of guanidine groups is 1. The van der Waals surface area contributed by atoms with Gasteiger partial charge in [-0.2, -0.15) is 11.8 Å². The fraction of sp³-hybridized carbons (Fsp3) is 0.933. The van der Waals surface area contributed by atoms with Crippen molar-refractivity contribution in [3.8, 4) is 0 Å². The molecule has 118 valence electrons. The molecule has 2 N–H and O–H groups in total. The van der Waals surface area contributed by atoms with E-state index in [9.17, 15) is 0 Å². The molecule has 2 unspecified atom stereocenters. The minimum Gasteiger partial charge on any atom is -0.379 e. The van der Waals surface area contributed by atoms with Crippen molar-refractivity contribution in [2.24, 2.45) is 10.9 Å². The standard InChI is InChI=1S/C15H31N3OS/c1-5-16-15(17-8-9-19-11-12(2)3)18-13-6-7-14(10-13)20-4/h12-14H,5-11H2,1-4H3,(H2,16,17,18). The van der Waals surface area contributed by atoms with Gasteiger partial charge in [0.05, 0.1) is 13.2 Å². The predicted molar refractivity (Wildman–Crippen MR) is 89.7 cm³/mol. The van der Waals surface area contributed by atoms with E-state index in [1.807, 2.05) is 11.8 Å². The molecule has 5 heteroatoms. The molecule has 20 heavy (non-hydrogen) atoms. The summed E-state index contributed by atoms with van der Waals surface area (Å²) in [6.45, 7) is 9.57. The number of hydrogen-bond donors (Lipinski definition) is 2. The second-order valence-corrected chi connectivity index (χ2v) is 6.88. The lowest BCUT2D eigenvalue weighted by Gasteiger charge is -2.17. The minimum absolute atomic E-state index is 0.571. The van der Waals surface area contributed by atoms with E-state index >= 15 is 0 Å².